The Hall–Kier alpha value is -2.66. The third-order valence-electron chi connectivity index (χ3n) is 3.58. The Kier molecular flexibility index (Phi) is 5.06. The minimum Gasteiger partial charge on any atom is -0.359 e. The van der Waals surface area contributed by atoms with Gasteiger partial charge in [-0.15, -0.1) is 0 Å². The Morgan fingerprint density at radius 3 is 2.39 bits per heavy atom. The van der Waals surface area contributed by atoms with Crippen molar-refractivity contribution in [1.29, 1.82) is 0 Å². The van der Waals surface area contributed by atoms with Gasteiger partial charge in [0.1, 0.15) is 16.5 Å². The van der Waals surface area contributed by atoms with E-state index in [1.165, 1.54) is 18.3 Å². The van der Waals surface area contributed by atoms with E-state index in [0.29, 0.717) is 10.7 Å². The number of hydrogen-bond acceptors (Lipinski definition) is 3. The summed E-state index contributed by atoms with van der Waals surface area (Å²) in [7, 11) is -4.42. The van der Waals surface area contributed by atoms with Crippen molar-refractivity contribution < 1.29 is 30.4 Å². The number of sulfonamides is 1. The van der Waals surface area contributed by atoms with Crippen LogP contribution in [0.15, 0.2) is 47.6 Å². The van der Waals surface area contributed by atoms with E-state index in [4.69, 9.17) is 11.6 Å². The monoisotopic (exact) mass is 437 g/mol. The summed E-state index contributed by atoms with van der Waals surface area (Å²) in [6.45, 7) is 0. The first-order valence-corrected chi connectivity index (χ1v) is 9.23. The fourth-order valence-corrected chi connectivity index (χ4v) is 3.42. The number of H-pyrrole nitrogens is 1. The van der Waals surface area contributed by atoms with E-state index in [0.717, 1.165) is 12.3 Å². The largest absolute Gasteiger partial charge is 0.419 e. The number of rotatable bonds is 4. The molecule has 2 heterocycles. The molecular formula is C16H9ClF5N3O2S. The maximum absolute atomic E-state index is 13.9. The molecule has 3 rings (SSSR count). The van der Waals surface area contributed by atoms with Crippen LogP contribution in [0.1, 0.15) is 5.56 Å². The van der Waals surface area contributed by atoms with Crippen LogP contribution in [0.5, 0.6) is 0 Å². The number of anilines is 1. The molecule has 0 amide bonds. The van der Waals surface area contributed by atoms with Gasteiger partial charge in [-0.3, -0.25) is 9.71 Å². The third-order valence-corrected chi connectivity index (χ3v) is 5.15. The number of nitrogens with one attached hydrogen (secondary N) is 2. The fourth-order valence-electron chi connectivity index (χ4n) is 2.26. The van der Waals surface area contributed by atoms with Crippen molar-refractivity contribution in [1.82, 2.24) is 9.97 Å². The topological polar surface area (TPSA) is 74.8 Å². The van der Waals surface area contributed by atoms with E-state index in [1.807, 2.05) is 0 Å². The fraction of sp³-hybridized carbons (Fsp3) is 0.0625. The summed E-state index contributed by atoms with van der Waals surface area (Å²) in [5, 5.41) is 0.365. The highest BCUT2D eigenvalue weighted by molar-refractivity contribution is 7.92. The molecule has 0 atom stereocenters. The molecule has 1 aromatic carbocycles. The molecule has 0 bridgehead atoms. The maximum atomic E-state index is 13.9. The molecule has 2 N–H and O–H groups in total. The molecular weight excluding hydrogens is 429 g/mol. The SMILES string of the molecule is O=S(=O)(Nc1cc(F)c(C(F)(F)F)cc1F)c1c[nH]c(-c2ccc(Cl)cn2)c1. The van der Waals surface area contributed by atoms with Gasteiger partial charge in [0, 0.05) is 18.5 Å². The molecule has 3 aromatic rings. The van der Waals surface area contributed by atoms with Crippen LogP contribution < -0.4 is 4.72 Å². The minimum atomic E-state index is -5.12. The number of nitrogens with zero attached hydrogens (tertiary/aromatic N) is 1. The first-order valence-electron chi connectivity index (χ1n) is 7.37. The Morgan fingerprint density at radius 1 is 1.07 bits per heavy atom. The molecule has 0 unspecified atom stereocenters. The van der Waals surface area contributed by atoms with Gasteiger partial charge in [-0.05, 0) is 24.3 Å². The summed E-state index contributed by atoms with van der Waals surface area (Å²) in [5.74, 6) is -3.39. The van der Waals surface area contributed by atoms with E-state index < -0.39 is 39.1 Å². The Labute approximate surface area is 160 Å². The van der Waals surface area contributed by atoms with E-state index in [9.17, 15) is 30.4 Å². The van der Waals surface area contributed by atoms with Gasteiger partial charge in [-0.2, -0.15) is 13.2 Å². The third kappa shape index (κ3) is 4.09. The van der Waals surface area contributed by atoms with E-state index in [2.05, 4.69) is 9.97 Å². The molecule has 0 saturated heterocycles. The van der Waals surface area contributed by atoms with E-state index >= 15 is 0 Å². The predicted molar refractivity (Wildman–Crippen MR) is 91.2 cm³/mol. The summed E-state index contributed by atoms with van der Waals surface area (Å²) in [5.41, 5.74) is -2.16. The number of hydrogen-bond donors (Lipinski definition) is 2. The summed E-state index contributed by atoms with van der Waals surface area (Å²) in [6.07, 6.45) is -2.72. The van der Waals surface area contributed by atoms with Crippen molar-refractivity contribution in [2.24, 2.45) is 0 Å². The predicted octanol–water partition coefficient (Wildman–Crippen LogP) is 4.83. The van der Waals surface area contributed by atoms with Gasteiger partial charge >= 0.3 is 6.18 Å². The average molecular weight is 438 g/mol. The van der Waals surface area contributed by atoms with Gasteiger partial charge in [0.25, 0.3) is 10.0 Å². The van der Waals surface area contributed by atoms with Crippen molar-refractivity contribution in [3.63, 3.8) is 0 Å². The van der Waals surface area contributed by atoms with Crippen LogP contribution >= 0.6 is 11.6 Å². The van der Waals surface area contributed by atoms with Crippen LogP contribution in [0.2, 0.25) is 5.02 Å². The minimum absolute atomic E-state index is 0.118. The molecule has 0 saturated carbocycles. The van der Waals surface area contributed by atoms with Crippen LogP contribution in [-0.2, 0) is 16.2 Å². The maximum Gasteiger partial charge on any atom is 0.419 e. The second kappa shape index (κ2) is 7.06. The van der Waals surface area contributed by atoms with Crippen LogP contribution in [0.4, 0.5) is 27.6 Å². The summed E-state index contributed by atoms with van der Waals surface area (Å²) >= 11 is 5.72. The van der Waals surface area contributed by atoms with Crippen molar-refractivity contribution >= 4 is 27.3 Å². The van der Waals surface area contributed by atoms with E-state index in [1.54, 1.807) is 4.72 Å². The Balaban J connectivity index is 1.91. The number of aromatic nitrogens is 2. The normalized spacial score (nSPS) is 12.2. The molecule has 0 fully saturated rings. The highest BCUT2D eigenvalue weighted by atomic mass is 35.5. The van der Waals surface area contributed by atoms with E-state index in [-0.39, 0.29) is 22.7 Å². The van der Waals surface area contributed by atoms with Crippen molar-refractivity contribution in [3.05, 3.63) is 64.9 Å². The molecule has 2 aromatic heterocycles. The molecule has 0 radical (unpaired) electrons. The second-order valence-electron chi connectivity index (χ2n) is 5.53. The number of halogens is 6. The van der Waals surface area contributed by atoms with Crippen LogP contribution in [0, 0.1) is 11.6 Å². The molecule has 0 aliphatic heterocycles. The first kappa shape index (κ1) is 20.1. The lowest BCUT2D eigenvalue weighted by Gasteiger charge is -2.12. The van der Waals surface area contributed by atoms with Gasteiger partial charge in [0.05, 0.1) is 27.7 Å². The van der Waals surface area contributed by atoms with Gasteiger partial charge in [0.2, 0.25) is 0 Å². The lowest BCUT2D eigenvalue weighted by molar-refractivity contribution is -0.140. The lowest BCUT2D eigenvalue weighted by Crippen LogP contribution is -2.15. The highest BCUT2D eigenvalue weighted by Crippen LogP contribution is 2.34. The number of alkyl halides is 3. The molecule has 28 heavy (non-hydrogen) atoms. The second-order valence-corrected chi connectivity index (χ2v) is 7.64. The summed E-state index contributed by atoms with van der Waals surface area (Å²) in [6, 6.07) is 4.22. The Morgan fingerprint density at radius 2 is 1.79 bits per heavy atom. The molecule has 5 nitrogen and oxygen atoms in total. The Bertz CT molecular complexity index is 1130. The van der Waals surface area contributed by atoms with Crippen molar-refractivity contribution in [2.45, 2.75) is 11.1 Å². The van der Waals surface area contributed by atoms with Gasteiger partial charge in [-0.25, -0.2) is 17.2 Å². The highest BCUT2D eigenvalue weighted by Gasteiger charge is 2.35. The van der Waals surface area contributed by atoms with Crippen molar-refractivity contribution in [2.75, 3.05) is 4.72 Å². The van der Waals surface area contributed by atoms with Gasteiger partial charge in [0.15, 0.2) is 0 Å². The summed E-state index contributed by atoms with van der Waals surface area (Å²) < 4.78 is 91.7. The smallest absolute Gasteiger partial charge is 0.359 e. The zero-order chi connectivity index (χ0) is 20.7. The van der Waals surface area contributed by atoms with Crippen LogP contribution in [0.25, 0.3) is 11.4 Å². The number of benzene rings is 1. The number of aromatic amines is 1. The first-order chi connectivity index (χ1) is 13.0. The molecule has 12 heteroatoms. The van der Waals surface area contributed by atoms with Crippen LogP contribution in [-0.4, -0.2) is 18.4 Å². The molecule has 0 aliphatic carbocycles. The van der Waals surface area contributed by atoms with Crippen molar-refractivity contribution in [3.8, 4) is 11.4 Å². The van der Waals surface area contributed by atoms with Crippen LogP contribution in [0.3, 0.4) is 0 Å². The molecule has 0 spiro atoms. The van der Waals surface area contributed by atoms with Gasteiger partial charge < -0.3 is 4.98 Å². The van der Waals surface area contributed by atoms with Gasteiger partial charge in [-0.1, -0.05) is 11.6 Å². The number of pyridine rings is 1. The summed E-state index contributed by atoms with van der Waals surface area (Å²) in [4.78, 5) is 6.28. The lowest BCUT2D eigenvalue weighted by atomic mass is 10.2. The quantitative estimate of drug-likeness (QED) is 0.574. The molecule has 148 valence electrons. The zero-order valence-electron chi connectivity index (χ0n) is 13.5. The zero-order valence-corrected chi connectivity index (χ0v) is 15.1. The molecule has 0 aliphatic rings. The standard InChI is InChI=1S/C16H9ClF5N3O2S/c17-8-1-2-13(23-6-8)15-3-9(7-24-15)28(26,27)25-14-5-11(18)10(4-12(14)19)16(20,21)22/h1-7,24-25H. The average Bonchev–Trinajstić information content (AvgIpc) is 3.08.